The van der Waals surface area contributed by atoms with Crippen molar-refractivity contribution >= 4 is 34.8 Å². The van der Waals surface area contributed by atoms with Crippen LogP contribution in [0.15, 0.2) is 48.7 Å². The number of carbonyl (C=O) groups excluding carboxylic acids is 1. The van der Waals surface area contributed by atoms with Crippen molar-refractivity contribution < 1.29 is 14.1 Å². The molecule has 4 rings (SSSR count). The van der Waals surface area contributed by atoms with Crippen LogP contribution in [0.3, 0.4) is 0 Å². The number of carbonyl (C=O) groups is 1. The largest absolute Gasteiger partial charge is 0.497 e. The number of fused-ring (bicyclic) bond motifs is 1. The highest BCUT2D eigenvalue weighted by molar-refractivity contribution is 6.39. The second-order valence-corrected chi connectivity index (χ2v) is 7.50. The zero-order valence-electron chi connectivity index (χ0n) is 15.4. The van der Waals surface area contributed by atoms with Crippen molar-refractivity contribution in [2.75, 3.05) is 12.4 Å². The van der Waals surface area contributed by atoms with Gasteiger partial charge in [0, 0.05) is 5.56 Å². The molecule has 0 unspecified atom stereocenters. The first kappa shape index (κ1) is 18.8. The third-order valence-corrected chi connectivity index (χ3v) is 5.55. The molecule has 1 amide bonds. The minimum atomic E-state index is -0.165. The first-order valence-corrected chi connectivity index (χ1v) is 9.82. The summed E-state index contributed by atoms with van der Waals surface area (Å²) in [6.07, 6.45) is 4.04. The Bertz CT molecular complexity index is 1010. The highest BCUT2D eigenvalue weighted by Crippen LogP contribution is 2.30. The van der Waals surface area contributed by atoms with Crippen LogP contribution in [0.1, 0.15) is 12.2 Å². The molecule has 0 fully saturated rings. The third kappa shape index (κ3) is 3.60. The topological polar surface area (TPSA) is 47.1 Å². The summed E-state index contributed by atoms with van der Waals surface area (Å²) in [5.74, 6) is 1.80. The molecule has 0 saturated carbocycles. The zero-order chi connectivity index (χ0) is 19.7. The first-order chi connectivity index (χ1) is 13.6. The number of anilines is 1. The second kappa shape index (κ2) is 7.86. The lowest BCUT2D eigenvalue weighted by Crippen LogP contribution is -2.42. The fourth-order valence-corrected chi connectivity index (χ4v) is 4.08. The average molecular weight is 417 g/mol. The molecule has 2 aromatic carbocycles. The number of methoxy groups -OCH3 is 1. The van der Waals surface area contributed by atoms with Crippen LogP contribution >= 0.6 is 23.2 Å². The molecule has 1 aliphatic heterocycles. The lowest BCUT2D eigenvalue weighted by atomic mass is 10.1. The van der Waals surface area contributed by atoms with E-state index in [2.05, 4.69) is 9.88 Å². The number of rotatable bonds is 5. The average Bonchev–Trinajstić information content (AvgIpc) is 3.29. The van der Waals surface area contributed by atoms with Gasteiger partial charge in [-0.2, -0.15) is 0 Å². The molecule has 0 saturated heterocycles. The molecule has 1 aliphatic rings. The van der Waals surface area contributed by atoms with Gasteiger partial charge in [-0.05, 0) is 42.8 Å². The van der Waals surface area contributed by atoms with E-state index in [9.17, 15) is 4.79 Å². The molecular formula is C21H20Cl2N3O2+. The number of para-hydroxylation sites is 1. The van der Waals surface area contributed by atoms with E-state index in [1.807, 2.05) is 35.0 Å². The Morgan fingerprint density at radius 2 is 1.89 bits per heavy atom. The molecule has 0 radical (unpaired) electrons. The summed E-state index contributed by atoms with van der Waals surface area (Å²) in [7, 11) is 1.65. The van der Waals surface area contributed by atoms with Gasteiger partial charge in [0.2, 0.25) is 0 Å². The van der Waals surface area contributed by atoms with Crippen molar-refractivity contribution in [3.8, 4) is 17.0 Å². The summed E-state index contributed by atoms with van der Waals surface area (Å²) in [6.45, 7) is 1.15. The van der Waals surface area contributed by atoms with Crippen molar-refractivity contribution in [3.05, 3.63) is 64.5 Å². The van der Waals surface area contributed by atoms with Gasteiger partial charge in [0.25, 0.3) is 11.7 Å². The molecule has 0 atom stereocenters. The van der Waals surface area contributed by atoms with E-state index in [1.165, 1.54) is 0 Å². The van der Waals surface area contributed by atoms with E-state index in [1.54, 1.807) is 25.3 Å². The summed E-state index contributed by atoms with van der Waals surface area (Å²) >= 11 is 12.3. The quantitative estimate of drug-likeness (QED) is 0.628. The normalized spacial score (nSPS) is 12.7. The Morgan fingerprint density at radius 3 is 2.57 bits per heavy atom. The van der Waals surface area contributed by atoms with Crippen molar-refractivity contribution in [1.82, 2.24) is 4.57 Å². The molecule has 28 heavy (non-hydrogen) atoms. The van der Waals surface area contributed by atoms with E-state index < -0.39 is 0 Å². The number of imidazole rings is 1. The van der Waals surface area contributed by atoms with Crippen molar-refractivity contribution in [2.45, 2.75) is 25.9 Å². The number of hydrogen-bond donors (Lipinski definition) is 1. The van der Waals surface area contributed by atoms with Crippen molar-refractivity contribution in [2.24, 2.45) is 0 Å². The van der Waals surface area contributed by atoms with Crippen LogP contribution in [-0.4, -0.2) is 17.6 Å². The molecule has 5 nitrogen and oxygen atoms in total. The first-order valence-electron chi connectivity index (χ1n) is 9.07. The predicted octanol–water partition coefficient (Wildman–Crippen LogP) is 4.34. The maximum absolute atomic E-state index is 12.6. The summed E-state index contributed by atoms with van der Waals surface area (Å²) in [5, 5.41) is 3.68. The van der Waals surface area contributed by atoms with Crippen LogP contribution in [0.4, 0.5) is 5.69 Å². The highest BCUT2D eigenvalue weighted by Gasteiger charge is 2.29. The fourth-order valence-electron chi connectivity index (χ4n) is 3.59. The number of nitrogens with zero attached hydrogens (tertiary/aromatic N) is 2. The molecular weight excluding hydrogens is 397 g/mol. The molecule has 144 valence electrons. The van der Waals surface area contributed by atoms with Gasteiger partial charge < -0.3 is 10.1 Å². The minimum absolute atomic E-state index is 0.165. The Hall–Kier alpha value is -2.50. The standard InChI is InChI=1S/C21H19Cl2N3O2/c1-28-15-9-7-14(8-10-15)18-12-25(20-6-3-11-26(18)20)13-19(27)24-21-16(22)4-2-5-17(21)23/h2,4-5,7-10,12H,3,6,11,13H2,1H3/p+1. The molecule has 1 N–H and O–H groups in total. The maximum atomic E-state index is 12.6. The van der Waals surface area contributed by atoms with Gasteiger partial charge in [-0.1, -0.05) is 29.3 Å². The van der Waals surface area contributed by atoms with Crippen LogP contribution in [-0.2, 0) is 24.3 Å². The number of nitrogens with one attached hydrogen (secondary N) is 1. The van der Waals surface area contributed by atoms with Crippen LogP contribution in [0.25, 0.3) is 11.3 Å². The molecule has 1 aromatic heterocycles. The molecule has 0 aliphatic carbocycles. The SMILES string of the molecule is COc1ccc(-c2c[n+](CC(=O)Nc3c(Cl)cccc3Cl)c3n2CCC3)cc1. The number of amides is 1. The summed E-state index contributed by atoms with van der Waals surface area (Å²) in [6, 6.07) is 13.1. The number of aromatic nitrogens is 2. The van der Waals surface area contributed by atoms with Gasteiger partial charge in [0.15, 0.2) is 12.2 Å². The Labute approximate surface area is 173 Å². The fraction of sp³-hybridized carbons (Fsp3) is 0.238. The van der Waals surface area contributed by atoms with Gasteiger partial charge in [-0.25, -0.2) is 9.13 Å². The lowest BCUT2D eigenvalue weighted by molar-refractivity contribution is -0.690. The number of halogens is 2. The third-order valence-electron chi connectivity index (χ3n) is 4.92. The maximum Gasteiger partial charge on any atom is 0.266 e. The van der Waals surface area contributed by atoms with Crippen LogP contribution in [0, 0.1) is 0 Å². The molecule has 0 spiro atoms. The van der Waals surface area contributed by atoms with Crippen LogP contribution in [0.5, 0.6) is 5.75 Å². The van der Waals surface area contributed by atoms with Gasteiger partial charge in [0.1, 0.15) is 11.9 Å². The molecule has 0 bridgehead atoms. The van der Waals surface area contributed by atoms with E-state index in [4.69, 9.17) is 27.9 Å². The second-order valence-electron chi connectivity index (χ2n) is 6.69. The Kier molecular flexibility index (Phi) is 5.29. The molecule has 3 aromatic rings. The van der Waals surface area contributed by atoms with E-state index in [0.717, 1.165) is 42.2 Å². The van der Waals surface area contributed by atoms with Gasteiger partial charge in [0.05, 0.1) is 35.8 Å². The lowest BCUT2D eigenvalue weighted by Gasteiger charge is -2.08. The van der Waals surface area contributed by atoms with Crippen molar-refractivity contribution in [1.29, 1.82) is 0 Å². The monoisotopic (exact) mass is 416 g/mol. The molecule has 7 heteroatoms. The number of benzene rings is 2. The van der Waals surface area contributed by atoms with Crippen LogP contribution < -0.4 is 14.6 Å². The van der Waals surface area contributed by atoms with E-state index >= 15 is 0 Å². The summed E-state index contributed by atoms with van der Waals surface area (Å²) < 4.78 is 9.53. The minimum Gasteiger partial charge on any atom is -0.497 e. The summed E-state index contributed by atoms with van der Waals surface area (Å²) in [5.41, 5.74) is 2.64. The van der Waals surface area contributed by atoms with Crippen LogP contribution in [0.2, 0.25) is 10.0 Å². The number of ether oxygens (including phenoxy) is 1. The summed E-state index contributed by atoms with van der Waals surface area (Å²) in [4.78, 5) is 12.6. The van der Waals surface area contributed by atoms with E-state index in [-0.39, 0.29) is 12.5 Å². The smallest absolute Gasteiger partial charge is 0.266 e. The Balaban J connectivity index is 1.59. The predicted molar refractivity (Wildman–Crippen MR) is 110 cm³/mol. The van der Waals surface area contributed by atoms with E-state index in [0.29, 0.717) is 15.7 Å². The van der Waals surface area contributed by atoms with Gasteiger partial charge in [-0.15, -0.1) is 0 Å². The zero-order valence-corrected chi connectivity index (χ0v) is 16.9. The van der Waals surface area contributed by atoms with Crippen molar-refractivity contribution in [3.63, 3.8) is 0 Å². The highest BCUT2D eigenvalue weighted by atomic mass is 35.5. The number of hydrogen-bond acceptors (Lipinski definition) is 2. The Morgan fingerprint density at radius 1 is 1.18 bits per heavy atom. The van der Waals surface area contributed by atoms with Gasteiger partial charge >= 0.3 is 0 Å². The molecule has 2 heterocycles. The van der Waals surface area contributed by atoms with Gasteiger partial charge in [-0.3, -0.25) is 4.79 Å².